The molecule has 2 amide bonds. The Kier molecular flexibility index (Phi) is 7.00. The van der Waals surface area contributed by atoms with Crippen LogP contribution in [0, 0.1) is 0 Å². The number of nitrogens with one attached hydrogen (secondary N) is 1. The number of hydrogen-bond acceptors (Lipinski definition) is 4. The van der Waals surface area contributed by atoms with Crippen LogP contribution in [0.15, 0.2) is 60.7 Å². The van der Waals surface area contributed by atoms with Crippen molar-refractivity contribution in [1.82, 2.24) is 10.3 Å². The SMILES string of the molecule is CC(NC(=O)CCC(=O)N(C)c1nc2c(s1)CC(c1ccccc1)CC2)c1ccccc1. The molecule has 1 aliphatic rings. The molecule has 0 spiro atoms. The summed E-state index contributed by atoms with van der Waals surface area (Å²) in [6.07, 6.45) is 3.33. The normalized spacial score (nSPS) is 16.1. The second-order valence-corrected chi connectivity index (χ2v) is 9.43. The average Bonchev–Trinajstić information content (AvgIpc) is 3.26. The minimum Gasteiger partial charge on any atom is -0.350 e. The van der Waals surface area contributed by atoms with Gasteiger partial charge < -0.3 is 5.32 Å². The van der Waals surface area contributed by atoms with Gasteiger partial charge in [0.25, 0.3) is 0 Å². The highest BCUT2D eigenvalue weighted by atomic mass is 32.1. The zero-order valence-electron chi connectivity index (χ0n) is 18.6. The van der Waals surface area contributed by atoms with E-state index in [1.54, 1.807) is 23.3 Å². The van der Waals surface area contributed by atoms with Crippen LogP contribution in [0.3, 0.4) is 0 Å². The first-order valence-corrected chi connectivity index (χ1v) is 12.0. The lowest BCUT2D eigenvalue weighted by Crippen LogP contribution is -2.30. The maximum Gasteiger partial charge on any atom is 0.229 e. The third-order valence-corrected chi connectivity index (χ3v) is 7.30. The van der Waals surface area contributed by atoms with Gasteiger partial charge in [0.15, 0.2) is 5.13 Å². The fourth-order valence-corrected chi connectivity index (χ4v) is 5.31. The molecule has 3 aromatic rings. The van der Waals surface area contributed by atoms with E-state index in [0.717, 1.165) is 35.7 Å². The third kappa shape index (κ3) is 5.25. The molecule has 1 aliphatic carbocycles. The highest BCUT2D eigenvalue weighted by molar-refractivity contribution is 7.16. The quantitative estimate of drug-likeness (QED) is 0.552. The Bertz CT molecular complexity index is 1070. The lowest BCUT2D eigenvalue weighted by molar-refractivity contribution is -0.125. The summed E-state index contributed by atoms with van der Waals surface area (Å²) in [6.45, 7) is 1.95. The number of aromatic nitrogens is 1. The Hall–Kier alpha value is -2.99. The van der Waals surface area contributed by atoms with Crippen molar-refractivity contribution < 1.29 is 9.59 Å². The van der Waals surface area contributed by atoms with E-state index in [1.165, 1.54) is 10.4 Å². The van der Waals surface area contributed by atoms with E-state index in [9.17, 15) is 9.59 Å². The van der Waals surface area contributed by atoms with Gasteiger partial charge >= 0.3 is 0 Å². The Balaban J connectivity index is 1.31. The van der Waals surface area contributed by atoms with Crippen molar-refractivity contribution in [3.8, 4) is 0 Å². The van der Waals surface area contributed by atoms with E-state index in [-0.39, 0.29) is 30.7 Å². The Labute approximate surface area is 193 Å². The molecule has 0 saturated carbocycles. The first-order valence-electron chi connectivity index (χ1n) is 11.2. The molecule has 1 aromatic heterocycles. The van der Waals surface area contributed by atoms with E-state index in [0.29, 0.717) is 5.92 Å². The van der Waals surface area contributed by atoms with Gasteiger partial charge in [-0.15, -0.1) is 11.3 Å². The first-order chi connectivity index (χ1) is 15.5. The van der Waals surface area contributed by atoms with E-state index in [4.69, 9.17) is 4.98 Å². The van der Waals surface area contributed by atoms with Crippen LogP contribution in [0.4, 0.5) is 5.13 Å². The summed E-state index contributed by atoms with van der Waals surface area (Å²) < 4.78 is 0. The molecule has 0 aliphatic heterocycles. The van der Waals surface area contributed by atoms with Crippen molar-refractivity contribution in [3.05, 3.63) is 82.4 Å². The number of amides is 2. The average molecular weight is 448 g/mol. The van der Waals surface area contributed by atoms with Gasteiger partial charge in [0.2, 0.25) is 11.8 Å². The van der Waals surface area contributed by atoms with Gasteiger partial charge in [-0.3, -0.25) is 14.5 Å². The van der Waals surface area contributed by atoms with Gasteiger partial charge in [0.05, 0.1) is 11.7 Å². The minimum atomic E-state index is -0.118. The summed E-state index contributed by atoms with van der Waals surface area (Å²) in [4.78, 5) is 32.7. The fourth-order valence-electron chi connectivity index (χ4n) is 4.15. The van der Waals surface area contributed by atoms with Crippen LogP contribution in [0.25, 0.3) is 0 Å². The molecule has 32 heavy (non-hydrogen) atoms. The number of thiazole rings is 1. The molecule has 2 unspecified atom stereocenters. The zero-order chi connectivity index (χ0) is 22.5. The van der Waals surface area contributed by atoms with Gasteiger partial charge in [-0.2, -0.15) is 0 Å². The van der Waals surface area contributed by atoms with Gasteiger partial charge in [-0.25, -0.2) is 4.98 Å². The van der Waals surface area contributed by atoms with Gasteiger partial charge in [0, 0.05) is 24.8 Å². The third-order valence-electron chi connectivity index (χ3n) is 6.10. The number of carbonyl (C=O) groups is 2. The predicted molar refractivity (Wildman–Crippen MR) is 129 cm³/mol. The predicted octanol–water partition coefficient (Wildman–Crippen LogP) is 5.04. The number of fused-ring (bicyclic) bond motifs is 1. The number of aryl methyl sites for hydroxylation is 1. The second kappa shape index (κ2) is 10.1. The fraction of sp³-hybridized carbons (Fsp3) is 0.346. The van der Waals surface area contributed by atoms with Crippen LogP contribution in [-0.2, 0) is 22.4 Å². The standard InChI is InChI=1S/C26H29N3O2S/c1-18(19-9-5-3-6-10-19)27-24(30)15-16-25(31)29(2)26-28-22-14-13-21(17-23(22)32-26)20-11-7-4-8-12-20/h3-12,18,21H,13-17H2,1-2H3,(H,27,30). The molecule has 6 heteroatoms. The molecular weight excluding hydrogens is 418 g/mol. The summed E-state index contributed by atoms with van der Waals surface area (Å²) in [7, 11) is 1.76. The monoisotopic (exact) mass is 447 g/mol. The summed E-state index contributed by atoms with van der Waals surface area (Å²) in [6, 6.07) is 20.3. The molecule has 0 radical (unpaired) electrons. The Morgan fingerprint density at radius 2 is 1.78 bits per heavy atom. The van der Waals surface area contributed by atoms with Crippen molar-refractivity contribution in [2.75, 3.05) is 11.9 Å². The summed E-state index contributed by atoms with van der Waals surface area (Å²) >= 11 is 1.61. The molecular formula is C26H29N3O2S. The van der Waals surface area contributed by atoms with E-state index in [1.807, 2.05) is 43.3 Å². The van der Waals surface area contributed by atoms with Gasteiger partial charge in [-0.1, -0.05) is 60.7 Å². The van der Waals surface area contributed by atoms with Crippen LogP contribution in [0.2, 0.25) is 0 Å². The lowest BCUT2D eigenvalue weighted by Gasteiger charge is -2.21. The molecule has 1 N–H and O–H groups in total. The summed E-state index contributed by atoms with van der Waals surface area (Å²) in [5.41, 5.74) is 3.53. The van der Waals surface area contributed by atoms with Crippen LogP contribution >= 0.6 is 11.3 Å². The Morgan fingerprint density at radius 3 is 2.50 bits per heavy atom. The minimum absolute atomic E-state index is 0.0835. The molecule has 2 atom stereocenters. The van der Waals surface area contributed by atoms with Gasteiger partial charge in [-0.05, 0) is 43.2 Å². The van der Waals surface area contributed by atoms with Crippen molar-refractivity contribution in [3.63, 3.8) is 0 Å². The molecule has 4 rings (SSSR count). The van der Waals surface area contributed by atoms with Crippen LogP contribution in [0.1, 0.15) is 59.8 Å². The number of rotatable bonds is 7. The van der Waals surface area contributed by atoms with Crippen molar-refractivity contribution >= 4 is 28.3 Å². The zero-order valence-corrected chi connectivity index (χ0v) is 19.4. The maximum atomic E-state index is 12.7. The van der Waals surface area contributed by atoms with Gasteiger partial charge in [0.1, 0.15) is 0 Å². The first kappa shape index (κ1) is 22.2. The Morgan fingerprint density at radius 1 is 1.09 bits per heavy atom. The van der Waals surface area contributed by atoms with Crippen LogP contribution < -0.4 is 10.2 Å². The van der Waals surface area contributed by atoms with E-state index >= 15 is 0 Å². The molecule has 0 bridgehead atoms. The number of carbonyl (C=O) groups excluding carboxylic acids is 2. The topological polar surface area (TPSA) is 62.3 Å². The van der Waals surface area contributed by atoms with Crippen LogP contribution in [-0.4, -0.2) is 23.8 Å². The van der Waals surface area contributed by atoms with Crippen molar-refractivity contribution in [2.24, 2.45) is 0 Å². The molecule has 0 fully saturated rings. The molecule has 166 valence electrons. The van der Waals surface area contributed by atoms with Crippen LogP contribution in [0.5, 0.6) is 0 Å². The maximum absolute atomic E-state index is 12.7. The second-order valence-electron chi connectivity index (χ2n) is 8.37. The number of anilines is 1. The van der Waals surface area contributed by atoms with Crippen molar-refractivity contribution in [1.29, 1.82) is 0 Å². The lowest BCUT2D eigenvalue weighted by atomic mass is 9.85. The highest BCUT2D eigenvalue weighted by Crippen LogP contribution is 2.37. The summed E-state index contributed by atoms with van der Waals surface area (Å²) in [5, 5.41) is 3.70. The smallest absolute Gasteiger partial charge is 0.229 e. The molecule has 5 nitrogen and oxygen atoms in total. The largest absolute Gasteiger partial charge is 0.350 e. The van der Waals surface area contributed by atoms with E-state index in [2.05, 4.69) is 29.6 Å². The van der Waals surface area contributed by atoms with E-state index < -0.39 is 0 Å². The molecule has 2 aromatic carbocycles. The number of benzene rings is 2. The number of nitrogens with zero attached hydrogens (tertiary/aromatic N) is 2. The molecule has 1 heterocycles. The summed E-state index contributed by atoms with van der Waals surface area (Å²) in [5.74, 6) is 0.304. The number of hydrogen-bond donors (Lipinski definition) is 1. The van der Waals surface area contributed by atoms with Crippen molar-refractivity contribution in [2.45, 2.75) is 51.0 Å². The highest BCUT2D eigenvalue weighted by Gasteiger charge is 2.26. The molecule has 0 saturated heterocycles.